The number of nitrogens with zero attached hydrogens (tertiary/aromatic N) is 1. The van der Waals surface area contributed by atoms with Crippen LogP contribution in [-0.4, -0.2) is 66.1 Å². The molecule has 8 atom stereocenters. The molecule has 3 saturated carbocycles. The molecule has 2 bridgehead atoms. The van der Waals surface area contributed by atoms with Gasteiger partial charge in [-0.1, -0.05) is 49.7 Å². The normalized spacial score (nSPS) is 35.6. The molecule has 2 aromatic rings. The average molecular weight is 736 g/mol. The minimum Gasteiger partial charge on any atom is -0.497 e. The summed E-state index contributed by atoms with van der Waals surface area (Å²) in [6.07, 6.45) is 9.94. The first-order valence-electron chi connectivity index (χ1n) is 18.6. The fourth-order valence-electron chi connectivity index (χ4n) is 11.5. The lowest BCUT2D eigenvalue weighted by Crippen LogP contribution is -2.67. The molecule has 10 heteroatoms. The summed E-state index contributed by atoms with van der Waals surface area (Å²) in [6, 6.07) is 9.90. The van der Waals surface area contributed by atoms with Gasteiger partial charge in [0.1, 0.15) is 17.3 Å². The summed E-state index contributed by atoms with van der Waals surface area (Å²) in [7, 11) is 3.15. The Morgan fingerprint density at radius 2 is 1.73 bits per heavy atom. The number of amides is 1. The quantitative estimate of drug-likeness (QED) is 0.240. The van der Waals surface area contributed by atoms with E-state index in [9.17, 15) is 19.8 Å². The maximum atomic E-state index is 15.1. The zero-order valence-electron chi connectivity index (χ0n) is 30.8. The summed E-state index contributed by atoms with van der Waals surface area (Å²) in [4.78, 5) is 29.9. The van der Waals surface area contributed by atoms with Gasteiger partial charge >= 0.3 is 6.09 Å². The van der Waals surface area contributed by atoms with E-state index in [1.807, 2.05) is 12.1 Å². The molecule has 8 rings (SSSR count). The summed E-state index contributed by atoms with van der Waals surface area (Å²) in [5.41, 5.74) is -1.88. The van der Waals surface area contributed by atoms with Crippen LogP contribution in [0.15, 0.2) is 60.2 Å². The molecule has 2 spiro atoms. The number of ketones is 1. The Labute approximate surface area is 311 Å². The molecular weight excluding hydrogens is 685 g/mol. The van der Waals surface area contributed by atoms with Crippen LogP contribution in [0.25, 0.3) is 0 Å². The summed E-state index contributed by atoms with van der Waals surface area (Å²) in [6.45, 7) is 6.57. The number of halogens is 2. The van der Waals surface area contributed by atoms with Gasteiger partial charge in [0.25, 0.3) is 0 Å². The van der Waals surface area contributed by atoms with Crippen LogP contribution in [-0.2, 0) is 22.5 Å². The van der Waals surface area contributed by atoms with Crippen molar-refractivity contribution >= 4 is 23.5 Å². The van der Waals surface area contributed by atoms with Crippen molar-refractivity contribution in [1.82, 2.24) is 4.90 Å². The molecule has 280 valence electrons. The number of allylic oxidation sites excluding steroid dienone is 4. The third-order valence-electron chi connectivity index (χ3n) is 14.2. The smallest absolute Gasteiger partial charge is 0.410 e. The van der Waals surface area contributed by atoms with Crippen LogP contribution in [0.2, 0.25) is 5.02 Å². The number of Topliss-reactive ketones (excluding diaryl/α,β-unsaturated/α-hetero) is 1. The van der Waals surface area contributed by atoms with Crippen molar-refractivity contribution in [2.75, 3.05) is 27.4 Å². The number of hydrogen-bond acceptors (Lipinski definition) is 7. The molecule has 0 radical (unpaired) electrons. The van der Waals surface area contributed by atoms with Crippen LogP contribution in [0.3, 0.4) is 0 Å². The molecule has 0 aliphatic heterocycles. The van der Waals surface area contributed by atoms with Crippen molar-refractivity contribution in [3.8, 4) is 11.5 Å². The summed E-state index contributed by atoms with van der Waals surface area (Å²) in [5.74, 6) is 0.415. The summed E-state index contributed by atoms with van der Waals surface area (Å²) >= 11 is 6.47. The number of aliphatic hydroxyl groups excluding tert-OH is 1. The highest BCUT2D eigenvalue weighted by Crippen LogP contribution is 2.78. The van der Waals surface area contributed by atoms with Gasteiger partial charge in [-0.3, -0.25) is 4.79 Å². The Bertz CT molecular complexity index is 1810. The van der Waals surface area contributed by atoms with E-state index in [2.05, 4.69) is 32.1 Å². The van der Waals surface area contributed by atoms with E-state index in [-0.39, 0.29) is 59.7 Å². The summed E-state index contributed by atoms with van der Waals surface area (Å²) < 4.78 is 31.7. The number of carbonyl (C=O) groups is 2. The fraction of sp³-hybridized carbons (Fsp3) is 0.571. The first-order chi connectivity index (χ1) is 24.7. The van der Waals surface area contributed by atoms with Gasteiger partial charge in [0.2, 0.25) is 0 Å². The highest BCUT2D eigenvalue weighted by atomic mass is 35.5. The average Bonchev–Trinajstić information content (AvgIpc) is 3.39. The monoisotopic (exact) mass is 735 g/mol. The largest absolute Gasteiger partial charge is 0.497 e. The first kappa shape index (κ1) is 36.9. The minimum absolute atomic E-state index is 0.0315. The molecule has 6 aliphatic rings. The number of fused-ring (bicyclic) bond motifs is 1. The lowest BCUT2D eigenvalue weighted by molar-refractivity contribution is -0.178. The molecule has 3 fully saturated rings. The van der Waals surface area contributed by atoms with Crippen LogP contribution in [0.5, 0.6) is 11.5 Å². The van der Waals surface area contributed by atoms with Crippen molar-refractivity contribution in [3.05, 3.63) is 82.2 Å². The number of ether oxygens (including phenoxy) is 3. The van der Waals surface area contributed by atoms with E-state index in [0.717, 1.165) is 18.4 Å². The first-order valence-corrected chi connectivity index (χ1v) is 19.0. The number of hydrogen-bond donors (Lipinski definition) is 2. The van der Waals surface area contributed by atoms with Crippen LogP contribution in [0.1, 0.15) is 76.8 Å². The van der Waals surface area contributed by atoms with Crippen molar-refractivity contribution < 1.29 is 38.4 Å². The minimum atomic E-state index is -1.31. The topological polar surface area (TPSA) is 106 Å². The van der Waals surface area contributed by atoms with E-state index < -0.39 is 39.9 Å². The zero-order valence-corrected chi connectivity index (χ0v) is 31.6. The van der Waals surface area contributed by atoms with Crippen molar-refractivity contribution in [3.63, 3.8) is 0 Å². The molecule has 1 amide bonds. The van der Waals surface area contributed by atoms with Crippen LogP contribution in [0, 0.1) is 39.3 Å². The van der Waals surface area contributed by atoms with E-state index in [1.54, 1.807) is 38.2 Å². The Morgan fingerprint density at radius 1 is 1.00 bits per heavy atom. The maximum absolute atomic E-state index is 15.1. The standard InChI is InChI=1S/C42H51ClFNO7/c1-6-52-37(48)45(24-26-10-11-28(50-4)20-34(26)51-5)25-41(49)17-14-36-39(41,3)16-13-35-38(2)15-12-27(46)22-40(38)18-19-42(35,36)30(23-40)33(47)21-29-31(43)8-7-9-32(29)44/h7-11,18-20,23,27,35-36,46,49H,6,12-17,21-22,24-25H2,1-5H3/t27?,35-,36-,38-,39+,40+,41-,42-/m1/s1. The summed E-state index contributed by atoms with van der Waals surface area (Å²) in [5, 5.41) is 24.2. The van der Waals surface area contributed by atoms with Crippen molar-refractivity contribution in [2.24, 2.45) is 33.5 Å². The van der Waals surface area contributed by atoms with E-state index in [4.69, 9.17) is 25.8 Å². The third kappa shape index (κ3) is 5.35. The molecular formula is C42H51ClFNO7. The van der Waals surface area contributed by atoms with Gasteiger partial charge in [-0.25, -0.2) is 9.18 Å². The maximum Gasteiger partial charge on any atom is 0.410 e. The van der Waals surface area contributed by atoms with Gasteiger partial charge in [0.15, 0.2) is 5.78 Å². The Balaban J connectivity index is 1.29. The molecule has 1 unspecified atom stereocenters. The van der Waals surface area contributed by atoms with Crippen molar-refractivity contribution in [1.29, 1.82) is 0 Å². The number of aliphatic hydroxyl groups is 2. The van der Waals surface area contributed by atoms with Gasteiger partial charge in [-0.05, 0) is 93.4 Å². The number of benzene rings is 2. The van der Waals surface area contributed by atoms with Gasteiger partial charge in [-0.15, -0.1) is 0 Å². The SMILES string of the molecule is CCOC(=O)N(Cc1ccc(OC)cc1OC)C[C@]1(O)CC[C@H]2[C@]34C=C[C@@]5(C=C3C(=O)Cc3c(F)cccc3Cl)CC(O)CC[C@]5(C)[C@H]4CC[C@@]21C. The number of methoxy groups -OCH3 is 2. The second kappa shape index (κ2) is 13.2. The number of carbonyl (C=O) groups excluding carboxylic acids is 2. The molecule has 6 aliphatic carbocycles. The lowest BCUT2D eigenvalue weighted by atomic mass is 9.32. The van der Waals surface area contributed by atoms with Gasteiger partial charge < -0.3 is 29.3 Å². The Morgan fingerprint density at radius 3 is 2.44 bits per heavy atom. The Kier molecular flexibility index (Phi) is 9.35. The molecule has 2 N–H and O–H groups in total. The number of rotatable bonds is 10. The molecule has 52 heavy (non-hydrogen) atoms. The van der Waals surface area contributed by atoms with E-state index in [0.29, 0.717) is 49.2 Å². The predicted molar refractivity (Wildman–Crippen MR) is 196 cm³/mol. The molecule has 2 aromatic carbocycles. The highest BCUT2D eigenvalue weighted by Gasteiger charge is 2.74. The molecule has 0 aromatic heterocycles. The molecule has 0 saturated heterocycles. The molecule has 0 heterocycles. The zero-order chi connectivity index (χ0) is 37.3. The van der Waals surface area contributed by atoms with Gasteiger partial charge in [0, 0.05) is 50.5 Å². The van der Waals surface area contributed by atoms with Crippen LogP contribution >= 0.6 is 11.6 Å². The van der Waals surface area contributed by atoms with Crippen LogP contribution in [0.4, 0.5) is 9.18 Å². The highest BCUT2D eigenvalue weighted by molar-refractivity contribution is 6.31. The fourth-order valence-corrected chi connectivity index (χ4v) is 11.7. The second-order valence-electron chi connectivity index (χ2n) is 16.3. The van der Waals surface area contributed by atoms with Crippen molar-refractivity contribution in [2.45, 2.75) is 90.4 Å². The Hall–Kier alpha value is -3.40. The van der Waals surface area contributed by atoms with Gasteiger partial charge in [0.05, 0.1) is 45.6 Å². The molecule has 8 nitrogen and oxygen atoms in total. The van der Waals surface area contributed by atoms with Gasteiger partial charge in [-0.2, -0.15) is 0 Å². The van der Waals surface area contributed by atoms with E-state index >= 15 is 4.39 Å². The van der Waals surface area contributed by atoms with Crippen LogP contribution < -0.4 is 9.47 Å². The lowest BCUT2D eigenvalue weighted by Gasteiger charge is -2.71. The predicted octanol–water partition coefficient (Wildman–Crippen LogP) is 7.86. The second-order valence-corrected chi connectivity index (χ2v) is 16.8. The third-order valence-corrected chi connectivity index (χ3v) is 14.6. The van der Waals surface area contributed by atoms with E-state index in [1.165, 1.54) is 12.1 Å².